The first kappa shape index (κ1) is 17.5. The maximum Gasteiger partial charge on any atom is 0.224 e. The van der Waals surface area contributed by atoms with E-state index in [1.807, 2.05) is 12.1 Å². The van der Waals surface area contributed by atoms with E-state index < -0.39 is 0 Å². The minimum Gasteiger partial charge on any atom is -0.356 e. The first-order valence-corrected chi connectivity index (χ1v) is 7.71. The summed E-state index contributed by atoms with van der Waals surface area (Å²) in [6.45, 7) is 2.96. The molecule has 0 aliphatic heterocycles. The van der Waals surface area contributed by atoms with Gasteiger partial charge < -0.3 is 10.6 Å². The van der Waals surface area contributed by atoms with Crippen molar-refractivity contribution in [1.82, 2.24) is 10.6 Å². The maximum absolute atomic E-state index is 11.7. The van der Waals surface area contributed by atoms with Crippen molar-refractivity contribution in [2.24, 2.45) is 0 Å². The zero-order valence-electron chi connectivity index (χ0n) is 12.5. The molecule has 0 aliphatic rings. The minimum absolute atomic E-state index is 0.0180. The normalized spacial score (nSPS) is 10.2. The molecule has 116 valence electrons. The maximum atomic E-state index is 11.7. The molecule has 4 nitrogen and oxygen atoms in total. The average Bonchev–Trinajstić information content (AvgIpc) is 2.44. The van der Waals surface area contributed by atoms with Crippen LogP contribution in [0.3, 0.4) is 0 Å². The topological polar surface area (TPSA) is 58.2 Å². The lowest BCUT2D eigenvalue weighted by atomic mass is 10.1. The number of hydrogen-bond donors (Lipinski definition) is 2. The number of nitrogens with one attached hydrogen (secondary N) is 2. The Kier molecular flexibility index (Phi) is 8.51. The molecule has 0 saturated carbocycles. The lowest BCUT2D eigenvalue weighted by Crippen LogP contribution is -2.26. The SMILES string of the molecule is CC(=O)NCCCCCCNC(=O)Cc1ccc(Cl)cc1. The standard InChI is InChI=1S/C16H23ClN2O2/c1-13(20)18-10-4-2-3-5-11-19-16(21)12-14-6-8-15(17)9-7-14/h6-9H,2-5,10-12H2,1H3,(H,18,20)(H,19,21). The first-order valence-electron chi connectivity index (χ1n) is 7.33. The number of unbranched alkanes of at least 4 members (excludes halogenated alkanes) is 3. The second-order valence-corrected chi connectivity index (χ2v) is 5.49. The Morgan fingerprint density at radius 3 is 2.10 bits per heavy atom. The van der Waals surface area contributed by atoms with Gasteiger partial charge in [0.25, 0.3) is 0 Å². The number of halogens is 1. The van der Waals surface area contributed by atoms with E-state index in [1.165, 1.54) is 6.92 Å². The molecule has 2 N–H and O–H groups in total. The molecule has 1 rings (SSSR count). The molecule has 0 heterocycles. The molecule has 0 atom stereocenters. The summed E-state index contributed by atoms with van der Waals surface area (Å²) in [4.78, 5) is 22.4. The molecule has 21 heavy (non-hydrogen) atoms. The highest BCUT2D eigenvalue weighted by Crippen LogP contribution is 2.09. The molecule has 0 fully saturated rings. The van der Waals surface area contributed by atoms with Gasteiger partial charge >= 0.3 is 0 Å². The molecule has 2 amide bonds. The van der Waals surface area contributed by atoms with E-state index in [9.17, 15) is 9.59 Å². The molecular formula is C16H23ClN2O2. The highest BCUT2D eigenvalue weighted by atomic mass is 35.5. The van der Waals surface area contributed by atoms with Gasteiger partial charge in [-0.25, -0.2) is 0 Å². The van der Waals surface area contributed by atoms with Crippen LogP contribution >= 0.6 is 11.6 Å². The molecule has 0 aromatic heterocycles. The Bertz CT molecular complexity index is 446. The van der Waals surface area contributed by atoms with Crippen molar-refractivity contribution >= 4 is 23.4 Å². The molecule has 5 heteroatoms. The van der Waals surface area contributed by atoms with Crippen molar-refractivity contribution in [3.8, 4) is 0 Å². The highest BCUT2D eigenvalue weighted by molar-refractivity contribution is 6.30. The largest absolute Gasteiger partial charge is 0.356 e. The summed E-state index contributed by atoms with van der Waals surface area (Å²) in [7, 11) is 0. The van der Waals surface area contributed by atoms with Crippen LogP contribution in [0.4, 0.5) is 0 Å². The zero-order valence-corrected chi connectivity index (χ0v) is 13.2. The third-order valence-electron chi connectivity index (χ3n) is 3.08. The van der Waals surface area contributed by atoms with Gasteiger partial charge in [-0.1, -0.05) is 36.6 Å². The number of carbonyl (C=O) groups excluding carboxylic acids is 2. The summed E-state index contributed by atoms with van der Waals surface area (Å²) < 4.78 is 0. The third-order valence-corrected chi connectivity index (χ3v) is 3.33. The fraction of sp³-hybridized carbons (Fsp3) is 0.500. The molecule has 0 unspecified atom stereocenters. The van der Waals surface area contributed by atoms with Crippen molar-refractivity contribution < 1.29 is 9.59 Å². The predicted octanol–water partition coefficient (Wildman–Crippen LogP) is 2.70. The van der Waals surface area contributed by atoms with Crippen LogP contribution in [0.25, 0.3) is 0 Å². The van der Waals surface area contributed by atoms with Crippen LogP contribution in [0, 0.1) is 0 Å². The van der Waals surface area contributed by atoms with E-state index in [4.69, 9.17) is 11.6 Å². The lowest BCUT2D eigenvalue weighted by Gasteiger charge is -2.06. The van der Waals surface area contributed by atoms with E-state index in [0.717, 1.165) is 37.8 Å². The molecule has 0 radical (unpaired) electrons. The highest BCUT2D eigenvalue weighted by Gasteiger charge is 2.02. The molecule has 0 bridgehead atoms. The summed E-state index contributed by atoms with van der Waals surface area (Å²) in [6.07, 6.45) is 4.46. The number of rotatable bonds is 9. The van der Waals surface area contributed by atoms with E-state index in [0.29, 0.717) is 18.0 Å². The summed E-state index contributed by atoms with van der Waals surface area (Å²) in [5.74, 6) is 0.0556. The second-order valence-electron chi connectivity index (χ2n) is 5.05. The van der Waals surface area contributed by atoms with Crippen LogP contribution in [0.15, 0.2) is 24.3 Å². The van der Waals surface area contributed by atoms with Gasteiger partial charge in [-0.15, -0.1) is 0 Å². The van der Waals surface area contributed by atoms with Crippen LogP contribution in [0.5, 0.6) is 0 Å². The van der Waals surface area contributed by atoms with Crippen molar-refractivity contribution in [3.05, 3.63) is 34.9 Å². The van der Waals surface area contributed by atoms with Gasteiger partial charge in [0.05, 0.1) is 6.42 Å². The van der Waals surface area contributed by atoms with Crippen LogP contribution in [-0.4, -0.2) is 24.9 Å². The van der Waals surface area contributed by atoms with Crippen molar-refractivity contribution in [2.45, 2.75) is 39.0 Å². The molecule has 1 aromatic carbocycles. The van der Waals surface area contributed by atoms with Gasteiger partial charge in [0.1, 0.15) is 0 Å². The molecule has 0 saturated heterocycles. The fourth-order valence-electron chi connectivity index (χ4n) is 1.95. The average molecular weight is 311 g/mol. The Balaban J connectivity index is 2.01. The van der Waals surface area contributed by atoms with Crippen LogP contribution in [0.2, 0.25) is 5.02 Å². The third kappa shape index (κ3) is 9.08. The van der Waals surface area contributed by atoms with Crippen LogP contribution in [0.1, 0.15) is 38.2 Å². The Morgan fingerprint density at radius 2 is 1.52 bits per heavy atom. The Hall–Kier alpha value is -1.55. The van der Waals surface area contributed by atoms with E-state index >= 15 is 0 Å². The zero-order chi connectivity index (χ0) is 15.5. The summed E-state index contributed by atoms with van der Waals surface area (Å²) >= 11 is 5.80. The second kappa shape index (κ2) is 10.2. The van der Waals surface area contributed by atoms with Crippen molar-refractivity contribution in [1.29, 1.82) is 0 Å². The van der Waals surface area contributed by atoms with Gasteiger partial charge in [0, 0.05) is 25.0 Å². The molecule has 0 aliphatic carbocycles. The van der Waals surface area contributed by atoms with Crippen molar-refractivity contribution in [2.75, 3.05) is 13.1 Å². The molecule has 1 aromatic rings. The van der Waals surface area contributed by atoms with Crippen molar-refractivity contribution in [3.63, 3.8) is 0 Å². The van der Waals surface area contributed by atoms with Gasteiger partial charge in [-0.2, -0.15) is 0 Å². The van der Waals surface area contributed by atoms with E-state index in [2.05, 4.69) is 10.6 Å². The Morgan fingerprint density at radius 1 is 0.952 bits per heavy atom. The monoisotopic (exact) mass is 310 g/mol. The summed E-state index contributed by atoms with van der Waals surface area (Å²) in [5.41, 5.74) is 0.965. The van der Waals surface area contributed by atoms with E-state index in [1.54, 1.807) is 12.1 Å². The number of hydrogen-bond acceptors (Lipinski definition) is 2. The number of carbonyl (C=O) groups is 2. The summed E-state index contributed by atoms with van der Waals surface area (Å²) in [6, 6.07) is 7.31. The fourth-order valence-corrected chi connectivity index (χ4v) is 2.07. The van der Waals surface area contributed by atoms with Crippen LogP contribution in [-0.2, 0) is 16.0 Å². The number of amides is 2. The predicted molar refractivity (Wildman–Crippen MR) is 85.3 cm³/mol. The Labute approximate surface area is 131 Å². The van der Waals surface area contributed by atoms with Gasteiger partial charge in [-0.05, 0) is 30.5 Å². The molecular weight excluding hydrogens is 288 g/mol. The van der Waals surface area contributed by atoms with Gasteiger partial charge in [0.2, 0.25) is 11.8 Å². The molecule has 0 spiro atoms. The first-order chi connectivity index (χ1) is 10.1. The number of benzene rings is 1. The quantitative estimate of drug-likeness (QED) is 0.689. The van der Waals surface area contributed by atoms with E-state index in [-0.39, 0.29) is 11.8 Å². The minimum atomic E-state index is 0.0180. The lowest BCUT2D eigenvalue weighted by molar-refractivity contribution is -0.120. The van der Waals surface area contributed by atoms with Gasteiger partial charge in [0.15, 0.2) is 0 Å². The van der Waals surface area contributed by atoms with Gasteiger partial charge in [-0.3, -0.25) is 9.59 Å². The van der Waals surface area contributed by atoms with Crippen LogP contribution < -0.4 is 10.6 Å². The smallest absolute Gasteiger partial charge is 0.224 e. The summed E-state index contributed by atoms with van der Waals surface area (Å²) in [5, 5.41) is 6.36.